The third-order valence-corrected chi connectivity index (χ3v) is 3.57. The molecule has 1 nitrogen and oxygen atoms in total. The van der Waals surface area contributed by atoms with Crippen LogP contribution < -0.4 is 5.32 Å². The molecule has 0 saturated carbocycles. The lowest BCUT2D eigenvalue weighted by atomic mass is 9.88. The Hall–Kier alpha value is -0.0400. The van der Waals surface area contributed by atoms with Gasteiger partial charge in [-0.3, -0.25) is 6.04 Å². The molecule has 98 valence electrons. The fraction of sp³-hybridized carbons (Fsp3) is 0.933. The Morgan fingerprint density at radius 1 is 0.938 bits per heavy atom. The van der Waals surface area contributed by atoms with E-state index in [-0.39, 0.29) is 0 Å². The largest absolute Gasteiger partial charge is 0.467 e. The number of rotatable bonds is 8. The summed E-state index contributed by atoms with van der Waals surface area (Å²) >= 11 is 0. The molecule has 0 aliphatic rings. The van der Waals surface area contributed by atoms with Gasteiger partial charge in [-0.15, -0.1) is 0 Å². The fourth-order valence-electron chi connectivity index (χ4n) is 1.71. The number of hydrogen-bond donors (Lipinski definition) is 1. The Morgan fingerprint density at radius 2 is 1.50 bits per heavy atom. The van der Waals surface area contributed by atoms with Crippen molar-refractivity contribution >= 4 is 0 Å². The molecule has 0 spiro atoms. The monoisotopic (exact) mass is 226 g/mol. The summed E-state index contributed by atoms with van der Waals surface area (Å²) in [6, 6.07) is 1.43. The second-order valence-electron chi connectivity index (χ2n) is 6.19. The summed E-state index contributed by atoms with van der Waals surface area (Å²) in [6.07, 6.45) is 2.71. The molecule has 0 aromatic carbocycles. The minimum Gasteiger partial charge on any atom is -0.467 e. The maximum atomic E-state index is 3.60. The van der Waals surface area contributed by atoms with Gasteiger partial charge in [-0.1, -0.05) is 48.0 Å². The lowest BCUT2D eigenvalue weighted by Crippen LogP contribution is -2.31. The second-order valence-corrected chi connectivity index (χ2v) is 6.19. The van der Waals surface area contributed by atoms with E-state index in [9.17, 15) is 0 Å². The molecular weight excluding hydrogens is 194 g/mol. The van der Waals surface area contributed by atoms with Crippen molar-refractivity contribution < 1.29 is 0 Å². The van der Waals surface area contributed by atoms with Crippen LogP contribution in [0.5, 0.6) is 0 Å². The fourth-order valence-corrected chi connectivity index (χ4v) is 1.71. The Labute approximate surface area is 103 Å². The normalized spacial score (nSPS) is 14.4. The smallest absolute Gasteiger partial charge is 0.0289 e. The van der Waals surface area contributed by atoms with Gasteiger partial charge in [0.15, 0.2) is 0 Å². The van der Waals surface area contributed by atoms with E-state index in [0.717, 1.165) is 24.3 Å². The highest BCUT2D eigenvalue weighted by Gasteiger charge is 2.12. The highest BCUT2D eigenvalue weighted by Crippen LogP contribution is 2.20. The molecule has 16 heavy (non-hydrogen) atoms. The lowest BCUT2D eigenvalue weighted by molar-refractivity contribution is 0.313. The third kappa shape index (κ3) is 7.27. The molecule has 0 amide bonds. The minimum atomic E-state index is 0.651. The van der Waals surface area contributed by atoms with E-state index in [1.807, 2.05) is 0 Å². The molecule has 0 rings (SSSR count). The number of hydrogen-bond acceptors (Lipinski definition) is 1. The zero-order valence-corrected chi connectivity index (χ0v) is 12.4. The van der Waals surface area contributed by atoms with Crippen molar-refractivity contribution in [1.29, 1.82) is 0 Å². The van der Waals surface area contributed by atoms with Crippen LogP contribution >= 0.6 is 0 Å². The Kier molecular flexibility index (Phi) is 8.09. The van der Waals surface area contributed by atoms with E-state index in [1.165, 1.54) is 18.9 Å². The Balaban J connectivity index is 3.94. The van der Waals surface area contributed by atoms with E-state index >= 15 is 0 Å². The van der Waals surface area contributed by atoms with Crippen LogP contribution in [0.1, 0.15) is 61.3 Å². The molecule has 0 radical (unpaired) electrons. The average molecular weight is 226 g/mol. The zero-order valence-electron chi connectivity index (χ0n) is 12.4. The van der Waals surface area contributed by atoms with Crippen LogP contribution in [0.4, 0.5) is 0 Å². The summed E-state index contributed by atoms with van der Waals surface area (Å²) < 4.78 is 0. The molecule has 1 atom stereocenters. The van der Waals surface area contributed by atoms with Crippen molar-refractivity contribution in [2.75, 3.05) is 6.54 Å². The molecule has 0 heterocycles. The van der Waals surface area contributed by atoms with Gasteiger partial charge in [0.05, 0.1) is 0 Å². The van der Waals surface area contributed by atoms with Gasteiger partial charge in [-0.25, -0.2) is 0 Å². The molecule has 0 bridgehead atoms. The van der Waals surface area contributed by atoms with E-state index in [0.29, 0.717) is 5.92 Å². The first-order valence-corrected chi connectivity index (χ1v) is 6.91. The van der Waals surface area contributed by atoms with E-state index in [1.54, 1.807) is 0 Å². The van der Waals surface area contributed by atoms with Gasteiger partial charge in [0.1, 0.15) is 0 Å². The van der Waals surface area contributed by atoms with Crippen LogP contribution in [0.2, 0.25) is 0 Å². The molecule has 0 aliphatic heterocycles. The van der Waals surface area contributed by atoms with Crippen LogP contribution in [0.3, 0.4) is 0 Å². The van der Waals surface area contributed by atoms with Gasteiger partial charge in [0.2, 0.25) is 0 Å². The van der Waals surface area contributed by atoms with Gasteiger partial charge in [-0.05, 0) is 30.7 Å². The predicted octanol–water partition coefficient (Wildman–Crippen LogP) is 4.49. The minimum absolute atomic E-state index is 0.651. The molecule has 1 heteroatoms. The third-order valence-electron chi connectivity index (χ3n) is 3.57. The molecule has 1 N–H and O–H groups in total. The Morgan fingerprint density at radius 3 is 1.88 bits per heavy atom. The van der Waals surface area contributed by atoms with Gasteiger partial charge < -0.3 is 5.32 Å². The molecule has 0 aromatic heterocycles. The van der Waals surface area contributed by atoms with Crippen molar-refractivity contribution in [1.82, 2.24) is 5.32 Å². The van der Waals surface area contributed by atoms with Gasteiger partial charge in [0.25, 0.3) is 0 Å². The SMILES string of the molecule is C[C-](NCC(CCC(C)C)C(C)C)C(C)C. The lowest BCUT2D eigenvalue weighted by Gasteiger charge is -2.35. The maximum absolute atomic E-state index is 3.60. The van der Waals surface area contributed by atoms with Crippen molar-refractivity contribution in [2.45, 2.75) is 61.3 Å². The molecule has 0 aromatic rings. The Bertz CT molecular complexity index is 161. The van der Waals surface area contributed by atoms with Gasteiger partial charge in [-0.2, -0.15) is 12.8 Å². The van der Waals surface area contributed by atoms with E-state index in [2.05, 4.69) is 53.8 Å². The van der Waals surface area contributed by atoms with Crippen LogP contribution in [0, 0.1) is 29.7 Å². The summed E-state index contributed by atoms with van der Waals surface area (Å²) in [6.45, 7) is 17.2. The van der Waals surface area contributed by atoms with Crippen LogP contribution in [-0.2, 0) is 0 Å². The summed E-state index contributed by atoms with van der Waals surface area (Å²) in [4.78, 5) is 0. The highest BCUT2D eigenvalue weighted by atomic mass is 14.9. The van der Waals surface area contributed by atoms with Crippen molar-refractivity contribution in [3.8, 4) is 0 Å². The summed E-state index contributed by atoms with van der Waals surface area (Å²) in [5.41, 5.74) is 0. The van der Waals surface area contributed by atoms with E-state index < -0.39 is 0 Å². The first kappa shape index (κ1) is 16.0. The first-order chi connectivity index (χ1) is 7.34. The molecule has 1 unspecified atom stereocenters. The highest BCUT2D eigenvalue weighted by molar-refractivity contribution is 4.85. The maximum Gasteiger partial charge on any atom is -0.0289 e. The van der Waals surface area contributed by atoms with Crippen molar-refractivity contribution in [3.63, 3.8) is 0 Å². The van der Waals surface area contributed by atoms with Crippen molar-refractivity contribution in [3.05, 3.63) is 6.04 Å². The summed E-state index contributed by atoms with van der Waals surface area (Å²) in [7, 11) is 0. The summed E-state index contributed by atoms with van der Waals surface area (Å²) in [5.74, 6) is 3.08. The first-order valence-electron chi connectivity index (χ1n) is 6.91. The predicted molar refractivity (Wildman–Crippen MR) is 74.2 cm³/mol. The standard InChI is InChI=1S/C15H32N/c1-11(2)8-9-15(13(5)6)10-16-14(7)12(3)4/h11-13,15-16H,8-10H2,1-7H3/q-1. The van der Waals surface area contributed by atoms with Crippen LogP contribution in [0.25, 0.3) is 0 Å². The average Bonchev–Trinajstić information content (AvgIpc) is 2.15. The second kappa shape index (κ2) is 8.11. The molecular formula is C15H32N-. The summed E-state index contributed by atoms with van der Waals surface area (Å²) in [5, 5.41) is 3.60. The van der Waals surface area contributed by atoms with E-state index in [4.69, 9.17) is 0 Å². The topological polar surface area (TPSA) is 12.0 Å². The van der Waals surface area contributed by atoms with Crippen LogP contribution in [0.15, 0.2) is 0 Å². The molecule has 0 saturated heterocycles. The van der Waals surface area contributed by atoms with Crippen molar-refractivity contribution in [2.24, 2.45) is 23.7 Å². The molecule has 0 fully saturated rings. The van der Waals surface area contributed by atoms with Crippen LogP contribution in [-0.4, -0.2) is 6.54 Å². The van der Waals surface area contributed by atoms with Gasteiger partial charge in [0, 0.05) is 0 Å². The quantitative estimate of drug-likeness (QED) is 0.601. The number of nitrogens with one attached hydrogen (secondary N) is 1. The zero-order chi connectivity index (χ0) is 12.7. The molecule has 0 aliphatic carbocycles. The van der Waals surface area contributed by atoms with Gasteiger partial charge >= 0.3 is 0 Å².